The van der Waals surface area contributed by atoms with Crippen LogP contribution in [0.1, 0.15) is 5.56 Å². The molecule has 0 saturated carbocycles. The van der Waals surface area contributed by atoms with Crippen LogP contribution >= 0.6 is 0 Å². The third-order valence-corrected chi connectivity index (χ3v) is 3.73. The normalized spacial score (nSPS) is 10.5. The topological polar surface area (TPSA) is 52.0 Å². The second-order valence-electron chi connectivity index (χ2n) is 5.27. The van der Waals surface area contributed by atoms with Crippen LogP contribution in [0.5, 0.6) is 0 Å². The highest BCUT2D eigenvalue weighted by atomic mass is 14.5. The van der Waals surface area contributed by atoms with Gasteiger partial charge in [0.25, 0.3) is 0 Å². The highest BCUT2D eigenvalue weighted by molar-refractivity contribution is 5.72. The van der Waals surface area contributed by atoms with Gasteiger partial charge in [0, 0.05) is 11.4 Å². The van der Waals surface area contributed by atoms with Crippen LogP contribution in [0.3, 0.4) is 0 Å². The third kappa shape index (κ3) is 2.75. The van der Waals surface area contributed by atoms with Crippen molar-refractivity contribution < 1.29 is 0 Å². The zero-order valence-electron chi connectivity index (χ0n) is 12.0. The maximum absolute atomic E-state index is 5.87. The van der Waals surface area contributed by atoms with Crippen molar-refractivity contribution in [1.82, 2.24) is 0 Å². The molecule has 0 aromatic heterocycles. The van der Waals surface area contributed by atoms with Gasteiger partial charge < -0.3 is 11.5 Å². The Morgan fingerprint density at radius 3 is 1.52 bits per heavy atom. The predicted molar refractivity (Wildman–Crippen MR) is 90.9 cm³/mol. The summed E-state index contributed by atoms with van der Waals surface area (Å²) >= 11 is 0. The number of hydrogen-bond acceptors (Lipinski definition) is 2. The van der Waals surface area contributed by atoms with Gasteiger partial charge in [-0.3, -0.25) is 0 Å². The van der Waals surface area contributed by atoms with Gasteiger partial charge in [0.2, 0.25) is 0 Å². The van der Waals surface area contributed by atoms with E-state index in [9.17, 15) is 0 Å². The molecule has 2 nitrogen and oxygen atoms in total. The van der Waals surface area contributed by atoms with Gasteiger partial charge in [0.1, 0.15) is 0 Å². The van der Waals surface area contributed by atoms with E-state index < -0.39 is 0 Å². The molecule has 0 radical (unpaired) electrons. The molecule has 0 atom stereocenters. The fourth-order valence-corrected chi connectivity index (χ4v) is 2.39. The summed E-state index contributed by atoms with van der Waals surface area (Å²) in [6, 6.07) is 22.6. The Balaban J connectivity index is 1.93. The largest absolute Gasteiger partial charge is 0.399 e. The molecule has 3 rings (SSSR count). The average molecular weight is 274 g/mol. The molecule has 0 saturated heterocycles. The summed E-state index contributed by atoms with van der Waals surface area (Å²) in [5.74, 6) is 0. The van der Waals surface area contributed by atoms with Crippen molar-refractivity contribution in [3.63, 3.8) is 0 Å². The lowest BCUT2D eigenvalue weighted by Gasteiger charge is -2.07. The quantitative estimate of drug-likeness (QED) is 0.676. The molecule has 0 spiro atoms. The lowest BCUT2D eigenvalue weighted by atomic mass is 9.99. The molecule has 0 aliphatic heterocycles. The summed E-state index contributed by atoms with van der Waals surface area (Å²) in [6.45, 7) is 2.03. The number of nitrogens with two attached hydrogens (primary N) is 2. The van der Waals surface area contributed by atoms with Crippen LogP contribution in [-0.2, 0) is 0 Å². The number of hydrogen-bond donors (Lipinski definition) is 2. The fraction of sp³-hybridized carbons (Fsp3) is 0.0526. The van der Waals surface area contributed by atoms with Crippen LogP contribution in [-0.4, -0.2) is 0 Å². The number of anilines is 2. The molecule has 2 heteroatoms. The minimum Gasteiger partial charge on any atom is -0.399 e. The van der Waals surface area contributed by atoms with E-state index in [2.05, 4.69) is 36.4 Å². The number of aryl methyl sites for hydroxylation is 1. The first-order valence-corrected chi connectivity index (χ1v) is 6.96. The summed E-state index contributed by atoms with van der Waals surface area (Å²) in [7, 11) is 0. The molecule has 0 aliphatic carbocycles. The van der Waals surface area contributed by atoms with Gasteiger partial charge in [-0.2, -0.15) is 0 Å². The smallest absolute Gasteiger partial charge is 0.0344 e. The Labute approximate surface area is 125 Å². The maximum Gasteiger partial charge on any atom is 0.0344 e. The van der Waals surface area contributed by atoms with Gasteiger partial charge >= 0.3 is 0 Å². The van der Waals surface area contributed by atoms with Crippen LogP contribution in [0, 0.1) is 6.92 Å². The first-order valence-electron chi connectivity index (χ1n) is 6.96. The third-order valence-electron chi connectivity index (χ3n) is 3.73. The molecule has 0 unspecified atom stereocenters. The second kappa shape index (κ2) is 5.33. The van der Waals surface area contributed by atoms with Crippen LogP contribution < -0.4 is 11.5 Å². The molecule has 4 N–H and O–H groups in total. The van der Waals surface area contributed by atoms with Gasteiger partial charge in [-0.1, -0.05) is 42.5 Å². The summed E-state index contributed by atoms with van der Waals surface area (Å²) in [6.07, 6.45) is 0. The standard InChI is InChI=1S/C19H18N2/c1-13-12-17(8-11-19(13)21)16-4-2-14(3-5-16)15-6-9-18(20)10-7-15/h2-12H,20-21H2,1H3. The summed E-state index contributed by atoms with van der Waals surface area (Å²) < 4.78 is 0. The Kier molecular flexibility index (Phi) is 3.36. The molecular formula is C19H18N2. The zero-order chi connectivity index (χ0) is 14.8. The van der Waals surface area contributed by atoms with Crippen molar-refractivity contribution in [2.45, 2.75) is 6.92 Å². The average Bonchev–Trinajstić information content (AvgIpc) is 2.51. The van der Waals surface area contributed by atoms with Crippen molar-refractivity contribution in [1.29, 1.82) is 0 Å². The number of nitrogen functional groups attached to an aromatic ring is 2. The van der Waals surface area contributed by atoms with Gasteiger partial charge in [-0.25, -0.2) is 0 Å². The summed E-state index contributed by atoms with van der Waals surface area (Å²) in [5, 5.41) is 0. The van der Waals surface area contributed by atoms with E-state index in [1.165, 1.54) is 22.3 Å². The lowest BCUT2D eigenvalue weighted by Crippen LogP contribution is -1.89. The highest BCUT2D eigenvalue weighted by Crippen LogP contribution is 2.27. The minimum absolute atomic E-state index is 0.785. The first-order chi connectivity index (χ1) is 10.1. The van der Waals surface area contributed by atoms with E-state index in [4.69, 9.17) is 11.5 Å². The van der Waals surface area contributed by atoms with E-state index >= 15 is 0 Å². The van der Waals surface area contributed by atoms with E-state index in [1.54, 1.807) is 0 Å². The van der Waals surface area contributed by atoms with E-state index in [1.807, 2.05) is 37.3 Å². The molecular weight excluding hydrogens is 256 g/mol. The Hall–Kier alpha value is -2.74. The van der Waals surface area contributed by atoms with Crippen LogP contribution in [0.15, 0.2) is 66.7 Å². The maximum atomic E-state index is 5.87. The lowest BCUT2D eigenvalue weighted by molar-refractivity contribution is 1.46. The molecule has 3 aromatic rings. The molecule has 3 aromatic carbocycles. The Morgan fingerprint density at radius 2 is 1.00 bits per heavy atom. The predicted octanol–water partition coefficient (Wildman–Crippen LogP) is 4.49. The molecule has 0 bridgehead atoms. The van der Waals surface area contributed by atoms with Gasteiger partial charge in [-0.15, -0.1) is 0 Å². The second-order valence-corrected chi connectivity index (χ2v) is 5.27. The molecule has 21 heavy (non-hydrogen) atoms. The van der Waals surface area contributed by atoms with Crippen LogP contribution in [0.2, 0.25) is 0 Å². The monoisotopic (exact) mass is 274 g/mol. The summed E-state index contributed by atoms with van der Waals surface area (Å²) in [5.41, 5.74) is 19.0. The molecule has 0 heterocycles. The van der Waals surface area contributed by atoms with E-state index in [0.717, 1.165) is 16.9 Å². The minimum atomic E-state index is 0.785. The van der Waals surface area contributed by atoms with Gasteiger partial charge in [0.05, 0.1) is 0 Å². The van der Waals surface area contributed by atoms with E-state index in [0.29, 0.717) is 0 Å². The van der Waals surface area contributed by atoms with Crippen molar-refractivity contribution in [3.8, 4) is 22.3 Å². The number of rotatable bonds is 2. The van der Waals surface area contributed by atoms with Crippen molar-refractivity contribution in [2.75, 3.05) is 11.5 Å². The van der Waals surface area contributed by atoms with Crippen molar-refractivity contribution in [3.05, 3.63) is 72.3 Å². The Bertz CT molecular complexity index is 757. The van der Waals surface area contributed by atoms with Crippen LogP contribution in [0.4, 0.5) is 11.4 Å². The Morgan fingerprint density at radius 1 is 0.571 bits per heavy atom. The molecule has 104 valence electrons. The molecule has 0 amide bonds. The van der Waals surface area contributed by atoms with Crippen molar-refractivity contribution >= 4 is 11.4 Å². The van der Waals surface area contributed by atoms with Crippen LogP contribution in [0.25, 0.3) is 22.3 Å². The fourth-order valence-electron chi connectivity index (χ4n) is 2.39. The first kappa shape index (κ1) is 13.3. The SMILES string of the molecule is Cc1cc(-c2ccc(-c3ccc(N)cc3)cc2)ccc1N. The summed E-state index contributed by atoms with van der Waals surface area (Å²) in [4.78, 5) is 0. The van der Waals surface area contributed by atoms with Crippen molar-refractivity contribution in [2.24, 2.45) is 0 Å². The number of benzene rings is 3. The molecule has 0 fully saturated rings. The molecule has 0 aliphatic rings. The highest BCUT2D eigenvalue weighted by Gasteiger charge is 2.02. The zero-order valence-corrected chi connectivity index (χ0v) is 12.0. The van der Waals surface area contributed by atoms with Gasteiger partial charge in [0.15, 0.2) is 0 Å². The van der Waals surface area contributed by atoms with Gasteiger partial charge in [-0.05, 0) is 59.0 Å². The van der Waals surface area contributed by atoms with E-state index in [-0.39, 0.29) is 0 Å².